The molecule has 1 aliphatic rings. The van der Waals surface area contributed by atoms with E-state index in [1.807, 2.05) is 20.8 Å². The molecule has 0 N–H and O–H groups in total. The lowest BCUT2D eigenvalue weighted by Crippen LogP contribution is -2.36. The van der Waals surface area contributed by atoms with E-state index in [2.05, 4.69) is 4.98 Å². The molecule has 1 aliphatic heterocycles. The van der Waals surface area contributed by atoms with Crippen LogP contribution in [0.5, 0.6) is 5.75 Å². The van der Waals surface area contributed by atoms with Crippen LogP contribution in [0.1, 0.15) is 44.5 Å². The predicted octanol–water partition coefficient (Wildman–Crippen LogP) is 4.69. The molecule has 0 spiro atoms. The average molecular weight is 378 g/mol. The molecule has 0 unspecified atom stereocenters. The van der Waals surface area contributed by atoms with Gasteiger partial charge in [-0.1, -0.05) is 0 Å². The lowest BCUT2D eigenvalue weighted by atomic mass is 10.1. The van der Waals surface area contributed by atoms with Gasteiger partial charge >= 0.3 is 7.60 Å². The zero-order valence-corrected chi connectivity index (χ0v) is 16.4. The first-order valence-electron chi connectivity index (χ1n) is 7.69. The summed E-state index contributed by atoms with van der Waals surface area (Å²) in [5, 5.41) is 0. The second kappa shape index (κ2) is 8.45. The highest BCUT2D eigenvalue weighted by Crippen LogP contribution is 2.50. The Morgan fingerprint density at radius 1 is 1.33 bits per heavy atom. The van der Waals surface area contributed by atoms with E-state index in [1.54, 1.807) is 26.1 Å². The summed E-state index contributed by atoms with van der Waals surface area (Å²) in [5.74, 6) is 1.49. The maximum atomic E-state index is 12.5. The third-order valence-electron chi connectivity index (χ3n) is 3.32. The van der Waals surface area contributed by atoms with Crippen molar-refractivity contribution < 1.29 is 23.1 Å². The maximum Gasteiger partial charge on any atom is 0.354 e. The van der Waals surface area contributed by atoms with E-state index < -0.39 is 13.4 Å². The minimum Gasteiger partial charge on any atom is -0.461 e. The van der Waals surface area contributed by atoms with Crippen LogP contribution in [-0.4, -0.2) is 24.0 Å². The number of rotatable bonds is 6. The van der Waals surface area contributed by atoms with Gasteiger partial charge in [0, 0.05) is 37.0 Å². The Balaban J connectivity index is 0.00000288. The average Bonchev–Trinajstić information content (AvgIpc) is 2.47. The first kappa shape index (κ1) is 21.1. The highest BCUT2D eigenvalue weighted by atomic mass is 35.5. The Bertz CT molecular complexity index is 638. The van der Waals surface area contributed by atoms with E-state index in [0.29, 0.717) is 25.6 Å². The van der Waals surface area contributed by atoms with Gasteiger partial charge in [-0.2, -0.15) is 0 Å². The van der Waals surface area contributed by atoms with Crippen LogP contribution in [0.4, 0.5) is 0 Å². The Morgan fingerprint density at radius 2 is 1.96 bits per heavy atom. The van der Waals surface area contributed by atoms with Crippen LogP contribution >= 0.6 is 20.0 Å². The lowest BCUT2D eigenvalue weighted by Gasteiger charge is -2.33. The topological polar surface area (TPSA) is 66.9 Å². The van der Waals surface area contributed by atoms with Crippen LogP contribution in [0.3, 0.4) is 0 Å². The fourth-order valence-electron chi connectivity index (χ4n) is 2.26. The van der Waals surface area contributed by atoms with E-state index in [0.717, 1.165) is 16.8 Å². The van der Waals surface area contributed by atoms with Gasteiger partial charge in [0.2, 0.25) is 5.79 Å². The van der Waals surface area contributed by atoms with Gasteiger partial charge in [0.25, 0.3) is 0 Å². The minimum atomic E-state index is -3.25. The van der Waals surface area contributed by atoms with Gasteiger partial charge in [0.1, 0.15) is 5.75 Å². The number of fused-ring (bicyclic) bond motifs is 1. The standard InChI is InChI=1S/C16H24NO5P.ClH/c1-6-20-23(18,21-7-2)9-8-13-10-17-12(3)15-14(13)11-19-16(4,5)22-15;/h8-10H,6-7,11H2,1-5H3;1H. The van der Waals surface area contributed by atoms with E-state index in [4.69, 9.17) is 18.5 Å². The van der Waals surface area contributed by atoms with Crippen LogP contribution < -0.4 is 4.74 Å². The molecule has 0 aliphatic carbocycles. The molecule has 24 heavy (non-hydrogen) atoms. The highest BCUT2D eigenvalue weighted by molar-refractivity contribution is 7.57. The van der Waals surface area contributed by atoms with Crippen LogP contribution in [0.15, 0.2) is 12.0 Å². The third-order valence-corrected chi connectivity index (χ3v) is 5.07. The molecule has 0 saturated heterocycles. The number of halogens is 1. The first-order chi connectivity index (χ1) is 10.8. The molecule has 0 radical (unpaired) electrons. The molecule has 2 rings (SSSR count). The quantitative estimate of drug-likeness (QED) is 0.670. The molecule has 136 valence electrons. The van der Waals surface area contributed by atoms with E-state index >= 15 is 0 Å². The Morgan fingerprint density at radius 3 is 2.54 bits per heavy atom. The first-order valence-corrected chi connectivity index (χ1v) is 9.31. The molecule has 0 amide bonds. The lowest BCUT2D eigenvalue weighted by molar-refractivity contribution is -0.180. The summed E-state index contributed by atoms with van der Waals surface area (Å²) in [6.07, 6.45) is 3.40. The summed E-state index contributed by atoms with van der Waals surface area (Å²) in [6.45, 7) is 10.2. The Kier molecular flexibility index (Phi) is 7.44. The number of pyridine rings is 1. The normalized spacial score (nSPS) is 16.4. The fraction of sp³-hybridized carbons (Fsp3) is 0.562. The summed E-state index contributed by atoms with van der Waals surface area (Å²) in [7, 11) is -3.25. The predicted molar refractivity (Wildman–Crippen MR) is 95.6 cm³/mol. The van der Waals surface area contributed by atoms with Crippen molar-refractivity contribution in [2.45, 2.75) is 47.0 Å². The van der Waals surface area contributed by atoms with Crippen molar-refractivity contribution in [2.75, 3.05) is 13.2 Å². The molecule has 0 saturated carbocycles. The van der Waals surface area contributed by atoms with Crippen molar-refractivity contribution in [3.05, 3.63) is 28.8 Å². The van der Waals surface area contributed by atoms with Gasteiger partial charge in [-0.15, -0.1) is 12.4 Å². The van der Waals surface area contributed by atoms with Gasteiger partial charge in [-0.25, -0.2) is 0 Å². The van der Waals surface area contributed by atoms with Crippen LogP contribution in [0.25, 0.3) is 6.08 Å². The largest absolute Gasteiger partial charge is 0.461 e. The van der Waals surface area contributed by atoms with E-state index in [1.165, 1.54) is 5.82 Å². The fourth-order valence-corrected chi connectivity index (χ4v) is 3.57. The van der Waals surface area contributed by atoms with Crippen molar-refractivity contribution in [1.82, 2.24) is 4.98 Å². The molecular weight excluding hydrogens is 353 g/mol. The zero-order chi connectivity index (χ0) is 17.1. The summed E-state index contributed by atoms with van der Waals surface area (Å²) in [4.78, 5) is 4.35. The van der Waals surface area contributed by atoms with E-state index in [-0.39, 0.29) is 12.4 Å². The molecule has 2 heterocycles. The molecule has 0 bridgehead atoms. The molecule has 0 fully saturated rings. The van der Waals surface area contributed by atoms with E-state index in [9.17, 15) is 4.57 Å². The van der Waals surface area contributed by atoms with Crippen LogP contribution in [0.2, 0.25) is 0 Å². The Labute approximate surface area is 149 Å². The zero-order valence-electron chi connectivity index (χ0n) is 14.7. The summed E-state index contributed by atoms with van der Waals surface area (Å²) in [5.41, 5.74) is 2.46. The van der Waals surface area contributed by atoms with Gasteiger partial charge in [-0.05, 0) is 26.8 Å². The second-order valence-electron chi connectivity index (χ2n) is 5.59. The number of hydrogen-bond acceptors (Lipinski definition) is 6. The summed E-state index contributed by atoms with van der Waals surface area (Å²) < 4.78 is 34.6. The van der Waals surface area contributed by atoms with Crippen molar-refractivity contribution in [3.8, 4) is 5.75 Å². The molecule has 0 aromatic carbocycles. The van der Waals surface area contributed by atoms with Crippen molar-refractivity contribution >= 4 is 26.1 Å². The molecule has 1 aromatic heterocycles. The van der Waals surface area contributed by atoms with Crippen LogP contribution in [0, 0.1) is 6.92 Å². The number of hydrogen-bond donors (Lipinski definition) is 0. The van der Waals surface area contributed by atoms with Gasteiger partial charge in [0.15, 0.2) is 0 Å². The Hall–Kier alpha value is -0.910. The molecular formula is C16H25ClNO5P. The molecule has 0 atom stereocenters. The SMILES string of the molecule is CCOP(=O)(C=Cc1cnc(C)c2c1COC(C)(C)O2)OCC.Cl. The minimum absolute atomic E-state index is 0. The second-order valence-corrected chi connectivity index (χ2v) is 7.48. The summed E-state index contributed by atoms with van der Waals surface area (Å²) >= 11 is 0. The van der Waals surface area contributed by atoms with Gasteiger partial charge < -0.3 is 18.5 Å². The smallest absolute Gasteiger partial charge is 0.354 e. The number of aryl methyl sites for hydroxylation is 1. The highest BCUT2D eigenvalue weighted by Gasteiger charge is 2.30. The number of ether oxygens (including phenoxy) is 2. The number of aromatic nitrogens is 1. The van der Waals surface area contributed by atoms with Crippen molar-refractivity contribution in [1.29, 1.82) is 0 Å². The monoisotopic (exact) mass is 377 g/mol. The molecule has 1 aromatic rings. The molecule has 8 heteroatoms. The van der Waals surface area contributed by atoms with Crippen molar-refractivity contribution in [3.63, 3.8) is 0 Å². The third kappa shape index (κ3) is 5.04. The number of nitrogens with zero attached hydrogens (tertiary/aromatic N) is 1. The van der Waals surface area contributed by atoms with Gasteiger partial charge in [0.05, 0.1) is 25.5 Å². The summed E-state index contributed by atoms with van der Waals surface area (Å²) in [6, 6.07) is 0. The van der Waals surface area contributed by atoms with Crippen LogP contribution in [-0.2, 0) is 25.0 Å². The van der Waals surface area contributed by atoms with Gasteiger partial charge in [-0.3, -0.25) is 9.55 Å². The molecule has 6 nitrogen and oxygen atoms in total. The van der Waals surface area contributed by atoms with Crippen molar-refractivity contribution in [2.24, 2.45) is 0 Å². The maximum absolute atomic E-state index is 12.5.